The molecule has 29 heavy (non-hydrogen) atoms. The van der Waals surface area contributed by atoms with Gasteiger partial charge in [-0.15, -0.1) is 0 Å². The topological polar surface area (TPSA) is 62.4 Å². The number of benzene rings is 2. The van der Waals surface area contributed by atoms with E-state index in [0.29, 0.717) is 5.69 Å². The lowest BCUT2D eigenvalue weighted by atomic mass is 10.1. The summed E-state index contributed by atoms with van der Waals surface area (Å²) in [5.41, 5.74) is 2.61. The van der Waals surface area contributed by atoms with Crippen molar-refractivity contribution >= 4 is 39.9 Å². The average Bonchev–Trinajstić information content (AvgIpc) is 2.63. The molecule has 2 rings (SSSR count). The SMILES string of the molecule is Cc1cc(I)ccc1Nc1c(C(=O)NOCCNCC(F)(F)F)ccc(F)c1F. The smallest absolute Gasteiger partial charge is 0.352 e. The molecule has 3 N–H and O–H groups in total. The van der Waals surface area contributed by atoms with Gasteiger partial charge in [-0.3, -0.25) is 9.63 Å². The third kappa shape index (κ3) is 7.08. The monoisotopic (exact) mass is 529 g/mol. The number of amides is 1. The Morgan fingerprint density at radius 3 is 2.55 bits per heavy atom. The number of hydroxylamine groups is 1. The van der Waals surface area contributed by atoms with E-state index < -0.39 is 30.3 Å². The van der Waals surface area contributed by atoms with Crippen LogP contribution in [0.4, 0.5) is 33.3 Å². The number of hydrogen-bond acceptors (Lipinski definition) is 4. The van der Waals surface area contributed by atoms with Crippen molar-refractivity contribution in [1.29, 1.82) is 0 Å². The summed E-state index contributed by atoms with van der Waals surface area (Å²) < 4.78 is 65.0. The highest BCUT2D eigenvalue weighted by Gasteiger charge is 2.26. The van der Waals surface area contributed by atoms with E-state index in [1.807, 2.05) is 11.5 Å². The number of rotatable bonds is 8. The maximum absolute atomic E-state index is 14.3. The van der Waals surface area contributed by atoms with Crippen molar-refractivity contribution in [3.63, 3.8) is 0 Å². The molecule has 0 spiro atoms. The Balaban J connectivity index is 2.06. The molecule has 0 unspecified atom stereocenters. The van der Waals surface area contributed by atoms with Gasteiger partial charge < -0.3 is 10.6 Å². The van der Waals surface area contributed by atoms with Gasteiger partial charge in [-0.25, -0.2) is 14.3 Å². The number of alkyl halides is 3. The third-order valence-electron chi connectivity index (χ3n) is 3.66. The number of carbonyl (C=O) groups is 1. The van der Waals surface area contributed by atoms with Gasteiger partial charge >= 0.3 is 6.18 Å². The lowest BCUT2D eigenvalue weighted by Crippen LogP contribution is -2.33. The quantitative estimate of drug-likeness (QED) is 0.205. The maximum Gasteiger partial charge on any atom is 0.401 e. The molecule has 0 aliphatic carbocycles. The Labute approximate surface area is 177 Å². The summed E-state index contributed by atoms with van der Waals surface area (Å²) in [6, 6.07) is 7.09. The fourth-order valence-corrected chi connectivity index (χ4v) is 2.94. The minimum Gasteiger partial charge on any atom is -0.352 e. The molecule has 0 radical (unpaired) electrons. The van der Waals surface area contributed by atoms with Crippen LogP contribution in [0.25, 0.3) is 0 Å². The average molecular weight is 529 g/mol. The Bertz CT molecular complexity index is 877. The molecule has 0 fully saturated rings. The molecule has 11 heteroatoms. The van der Waals surface area contributed by atoms with Gasteiger partial charge in [-0.1, -0.05) is 0 Å². The number of aryl methyl sites for hydroxylation is 1. The Hall–Kier alpha value is -1.99. The molecule has 0 aromatic heterocycles. The van der Waals surface area contributed by atoms with Gasteiger partial charge in [0.15, 0.2) is 11.6 Å². The van der Waals surface area contributed by atoms with Crippen LogP contribution in [-0.2, 0) is 4.84 Å². The first-order chi connectivity index (χ1) is 13.6. The van der Waals surface area contributed by atoms with E-state index in [1.54, 1.807) is 19.1 Å². The highest BCUT2D eigenvalue weighted by molar-refractivity contribution is 14.1. The highest BCUT2D eigenvalue weighted by atomic mass is 127. The van der Waals surface area contributed by atoms with Gasteiger partial charge in [0, 0.05) is 15.8 Å². The number of nitrogens with one attached hydrogen (secondary N) is 3. The van der Waals surface area contributed by atoms with Gasteiger partial charge in [-0.05, 0) is 65.4 Å². The first-order valence-corrected chi connectivity index (χ1v) is 9.37. The summed E-state index contributed by atoms with van der Waals surface area (Å²) >= 11 is 2.10. The number of anilines is 2. The van der Waals surface area contributed by atoms with Crippen molar-refractivity contribution in [1.82, 2.24) is 10.8 Å². The molecule has 0 aliphatic rings. The summed E-state index contributed by atoms with van der Waals surface area (Å²) in [4.78, 5) is 17.1. The van der Waals surface area contributed by atoms with Crippen LogP contribution in [0.2, 0.25) is 0 Å². The second kappa shape index (κ2) is 10.2. The van der Waals surface area contributed by atoms with Gasteiger partial charge in [-0.2, -0.15) is 13.2 Å². The summed E-state index contributed by atoms with van der Waals surface area (Å²) in [5.74, 6) is -3.28. The lowest BCUT2D eigenvalue weighted by molar-refractivity contribution is -0.125. The van der Waals surface area contributed by atoms with Crippen molar-refractivity contribution < 1.29 is 31.6 Å². The predicted molar refractivity (Wildman–Crippen MR) is 106 cm³/mol. The second-order valence-corrected chi connectivity index (χ2v) is 7.19. The summed E-state index contributed by atoms with van der Waals surface area (Å²) in [6.45, 7) is 0.129. The number of carbonyl (C=O) groups excluding carboxylic acids is 1. The molecule has 5 nitrogen and oxygen atoms in total. The first kappa shape index (κ1) is 23.3. The van der Waals surface area contributed by atoms with Gasteiger partial charge in [0.2, 0.25) is 0 Å². The molecule has 2 aromatic rings. The summed E-state index contributed by atoms with van der Waals surface area (Å²) in [5, 5.41) is 4.80. The van der Waals surface area contributed by atoms with Crippen LogP contribution in [0.1, 0.15) is 15.9 Å². The van der Waals surface area contributed by atoms with Crippen LogP contribution in [0.5, 0.6) is 0 Å². The van der Waals surface area contributed by atoms with Gasteiger partial charge in [0.25, 0.3) is 5.91 Å². The Morgan fingerprint density at radius 1 is 1.17 bits per heavy atom. The minimum atomic E-state index is -4.36. The van der Waals surface area contributed by atoms with Crippen molar-refractivity contribution in [3.05, 3.63) is 56.7 Å². The molecule has 0 aliphatic heterocycles. The van der Waals surface area contributed by atoms with Crippen molar-refractivity contribution in [3.8, 4) is 0 Å². The van der Waals surface area contributed by atoms with Crippen LogP contribution in [0.15, 0.2) is 30.3 Å². The van der Waals surface area contributed by atoms with Crippen LogP contribution >= 0.6 is 22.6 Å². The molecular formula is C18H17F5IN3O2. The predicted octanol–water partition coefficient (Wildman–Crippen LogP) is 4.43. The van der Waals surface area contributed by atoms with E-state index in [2.05, 4.69) is 33.2 Å². The van der Waals surface area contributed by atoms with E-state index in [1.165, 1.54) is 0 Å². The minimum absolute atomic E-state index is 0.176. The van der Waals surface area contributed by atoms with E-state index in [9.17, 15) is 26.7 Å². The summed E-state index contributed by atoms with van der Waals surface area (Å²) in [7, 11) is 0. The van der Waals surface area contributed by atoms with E-state index in [4.69, 9.17) is 4.84 Å². The van der Waals surface area contributed by atoms with Gasteiger partial charge in [0.1, 0.15) is 0 Å². The van der Waals surface area contributed by atoms with Gasteiger partial charge in [0.05, 0.1) is 24.4 Å². The lowest BCUT2D eigenvalue weighted by Gasteiger charge is -2.15. The molecule has 0 bridgehead atoms. The Morgan fingerprint density at radius 2 is 1.90 bits per heavy atom. The van der Waals surface area contributed by atoms with E-state index in [-0.39, 0.29) is 24.4 Å². The standard InChI is InChI=1S/C18H17F5IN3O2/c1-10-8-11(24)2-5-14(10)26-16-12(3-4-13(19)15(16)20)17(28)27-29-7-6-25-9-18(21,22)23/h2-5,8,25-26H,6-7,9H2,1H3,(H,27,28). The molecule has 158 valence electrons. The van der Waals surface area contributed by atoms with Crippen LogP contribution in [0.3, 0.4) is 0 Å². The van der Waals surface area contributed by atoms with Crippen LogP contribution < -0.4 is 16.1 Å². The zero-order chi connectivity index (χ0) is 21.6. The molecule has 0 atom stereocenters. The maximum atomic E-state index is 14.3. The van der Waals surface area contributed by atoms with Crippen molar-refractivity contribution in [2.45, 2.75) is 13.1 Å². The fraction of sp³-hybridized carbons (Fsp3) is 0.278. The molecule has 0 heterocycles. The zero-order valence-electron chi connectivity index (χ0n) is 15.1. The van der Waals surface area contributed by atoms with Crippen molar-refractivity contribution in [2.24, 2.45) is 0 Å². The highest BCUT2D eigenvalue weighted by Crippen LogP contribution is 2.28. The largest absolute Gasteiger partial charge is 0.401 e. The van der Waals surface area contributed by atoms with Crippen LogP contribution in [0, 0.1) is 22.1 Å². The first-order valence-electron chi connectivity index (χ1n) is 8.29. The molecule has 1 amide bonds. The van der Waals surface area contributed by atoms with E-state index >= 15 is 0 Å². The fourth-order valence-electron chi connectivity index (χ4n) is 2.29. The van der Waals surface area contributed by atoms with Crippen LogP contribution in [-0.4, -0.2) is 31.8 Å². The number of halogens is 6. The third-order valence-corrected chi connectivity index (χ3v) is 4.33. The number of hydrogen-bond donors (Lipinski definition) is 3. The molecule has 2 aromatic carbocycles. The summed E-state index contributed by atoms with van der Waals surface area (Å²) in [6.07, 6.45) is -4.36. The second-order valence-electron chi connectivity index (χ2n) is 5.94. The van der Waals surface area contributed by atoms with E-state index in [0.717, 1.165) is 21.3 Å². The Kier molecular flexibility index (Phi) is 8.16. The normalized spacial score (nSPS) is 11.4. The molecule has 0 saturated carbocycles. The molecular weight excluding hydrogens is 512 g/mol. The van der Waals surface area contributed by atoms with Crippen molar-refractivity contribution in [2.75, 3.05) is 25.0 Å². The zero-order valence-corrected chi connectivity index (χ0v) is 17.2. The molecule has 0 saturated heterocycles.